The average molecular weight is 382 g/mol. The van der Waals surface area contributed by atoms with Crippen molar-refractivity contribution < 1.29 is 9.59 Å². The summed E-state index contributed by atoms with van der Waals surface area (Å²) in [6.07, 6.45) is 0.614. The molecule has 0 saturated carbocycles. The Balaban J connectivity index is 2.20. The van der Waals surface area contributed by atoms with Crippen molar-refractivity contribution >= 4 is 17.5 Å². The minimum absolute atomic E-state index is 0.0923. The van der Waals surface area contributed by atoms with E-state index in [0.29, 0.717) is 17.7 Å². The fourth-order valence-electron chi connectivity index (χ4n) is 2.99. The highest BCUT2D eigenvalue weighted by Crippen LogP contribution is 2.21. The summed E-state index contributed by atoms with van der Waals surface area (Å²) in [7, 11) is 3.79. The number of carbonyl (C=O) groups excluding carboxylic acids is 2. The highest BCUT2D eigenvalue weighted by atomic mass is 16.2. The second kappa shape index (κ2) is 9.02. The van der Waals surface area contributed by atoms with Gasteiger partial charge < -0.3 is 10.6 Å². The Labute approximate surface area is 168 Å². The normalized spacial score (nSPS) is 12.5. The molecular weight excluding hydrogens is 350 g/mol. The summed E-state index contributed by atoms with van der Waals surface area (Å²) in [6, 6.07) is 15.0. The lowest BCUT2D eigenvalue weighted by Crippen LogP contribution is -2.42. The summed E-state index contributed by atoms with van der Waals surface area (Å²) in [5.74, 6) is -0.236. The first kappa shape index (κ1) is 21.6. The van der Waals surface area contributed by atoms with Gasteiger partial charge in [0.2, 0.25) is 5.91 Å². The van der Waals surface area contributed by atoms with Crippen LogP contribution in [0.2, 0.25) is 0 Å². The number of benzene rings is 2. The number of anilines is 1. The molecule has 0 radical (unpaired) electrons. The zero-order valence-electron chi connectivity index (χ0n) is 17.7. The maximum absolute atomic E-state index is 13.0. The number of hydrogen-bond acceptors (Lipinski definition) is 3. The summed E-state index contributed by atoms with van der Waals surface area (Å²) in [5.41, 5.74) is 2.76. The summed E-state index contributed by atoms with van der Waals surface area (Å²) >= 11 is 0. The molecule has 0 heterocycles. The lowest BCUT2D eigenvalue weighted by atomic mass is 10.0. The third-order valence-electron chi connectivity index (χ3n) is 4.52. The molecule has 2 aromatic carbocycles. The number of nitrogens with one attached hydrogen (secondary N) is 2. The molecule has 0 aromatic heterocycles. The zero-order valence-corrected chi connectivity index (χ0v) is 17.7. The van der Waals surface area contributed by atoms with Crippen LogP contribution in [0.25, 0.3) is 0 Å². The number of likely N-dealkylation sites (N-methyl/N-ethyl adjacent to an activating group) is 1. The molecule has 150 valence electrons. The lowest BCUT2D eigenvalue weighted by molar-refractivity contribution is -0.120. The van der Waals surface area contributed by atoms with Crippen LogP contribution in [0, 0.1) is 6.92 Å². The molecule has 0 aliphatic rings. The molecule has 28 heavy (non-hydrogen) atoms. The molecule has 2 N–H and O–H groups in total. The van der Waals surface area contributed by atoms with Gasteiger partial charge in [-0.2, -0.15) is 0 Å². The van der Waals surface area contributed by atoms with Crippen molar-refractivity contribution in [3.63, 3.8) is 0 Å². The Morgan fingerprint density at radius 1 is 1.00 bits per heavy atom. The molecule has 0 aliphatic carbocycles. The van der Waals surface area contributed by atoms with Gasteiger partial charge >= 0.3 is 0 Å². The minimum Gasteiger partial charge on any atom is -0.347 e. The van der Waals surface area contributed by atoms with Gasteiger partial charge in [-0.1, -0.05) is 36.4 Å². The first-order chi connectivity index (χ1) is 13.1. The van der Waals surface area contributed by atoms with Crippen molar-refractivity contribution in [3.8, 4) is 0 Å². The average Bonchev–Trinajstić information content (AvgIpc) is 2.60. The number of rotatable bonds is 6. The van der Waals surface area contributed by atoms with Gasteiger partial charge in [-0.15, -0.1) is 0 Å². The van der Waals surface area contributed by atoms with Crippen LogP contribution in [0.5, 0.6) is 0 Å². The van der Waals surface area contributed by atoms with Gasteiger partial charge in [0.1, 0.15) is 0 Å². The molecular formula is C23H31N3O2. The standard InChI is InChI=1S/C23H31N3O2/c1-16-18(21(27)25-23(2,3)4)13-10-14-19(16)24-22(28)20(26(5)6)15-17-11-8-7-9-12-17/h7-14,20H,15H2,1-6H3,(H,24,28)(H,25,27)/t20-/m0/s1. The van der Waals surface area contributed by atoms with E-state index in [4.69, 9.17) is 0 Å². The molecule has 0 saturated heterocycles. The van der Waals surface area contributed by atoms with Crippen LogP contribution in [0.4, 0.5) is 5.69 Å². The molecule has 2 aromatic rings. The van der Waals surface area contributed by atoms with Crippen LogP contribution in [-0.2, 0) is 11.2 Å². The van der Waals surface area contributed by atoms with Crippen molar-refractivity contribution in [2.45, 2.75) is 45.7 Å². The van der Waals surface area contributed by atoms with Crippen molar-refractivity contribution in [1.82, 2.24) is 10.2 Å². The van der Waals surface area contributed by atoms with Crippen molar-refractivity contribution in [3.05, 3.63) is 65.2 Å². The van der Waals surface area contributed by atoms with E-state index < -0.39 is 0 Å². The molecule has 1 atom stereocenters. The fourth-order valence-corrected chi connectivity index (χ4v) is 2.99. The summed E-state index contributed by atoms with van der Waals surface area (Å²) in [4.78, 5) is 27.4. The molecule has 2 rings (SSSR count). The Kier molecular flexibility index (Phi) is 6.97. The lowest BCUT2D eigenvalue weighted by Gasteiger charge is -2.25. The largest absolute Gasteiger partial charge is 0.347 e. The smallest absolute Gasteiger partial charge is 0.252 e. The van der Waals surface area contributed by atoms with Gasteiger partial charge in [0.15, 0.2) is 0 Å². The van der Waals surface area contributed by atoms with Crippen LogP contribution >= 0.6 is 0 Å². The van der Waals surface area contributed by atoms with Crippen LogP contribution in [0.1, 0.15) is 42.3 Å². The number of hydrogen-bond donors (Lipinski definition) is 2. The summed E-state index contributed by atoms with van der Waals surface area (Å²) in [5, 5.41) is 5.98. The van der Waals surface area contributed by atoms with Crippen LogP contribution < -0.4 is 10.6 Å². The molecule has 5 heteroatoms. The van der Waals surface area contributed by atoms with Gasteiger partial charge in [-0.3, -0.25) is 14.5 Å². The van der Waals surface area contributed by atoms with Crippen LogP contribution in [0.3, 0.4) is 0 Å². The van der Waals surface area contributed by atoms with E-state index >= 15 is 0 Å². The second-order valence-corrected chi connectivity index (χ2v) is 8.34. The molecule has 0 unspecified atom stereocenters. The van der Waals surface area contributed by atoms with Gasteiger partial charge in [0.05, 0.1) is 6.04 Å². The Morgan fingerprint density at radius 2 is 1.64 bits per heavy atom. The van der Waals surface area contributed by atoms with E-state index in [1.807, 2.05) is 83.1 Å². The van der Waals surface area contributed by atoms with Crippen LogP contribution in [-0.4, -0.2) is 42.4 Å². The highest BCUT2D eigenvalue weighted by Gasteiger charge is 2.23. The summed E-state index contributed by atoms with van der Waals surface area (Å²) < 4.78 is 0. The van der Waals surface area contributed by atoms with Crippen LogP contribution in [0.15, 0.2) is 48.5 Å². The van der Waals surface area contributed by atoms with Crippen molar-refractivity contribution in [1.29, 1.82) is 0 Å². The fraction of sp³-hybridized carbons (Fsp3) is 0.391. The third kappa shape index (κ3) is 5.92. The maximum atomic E-state index is 13.0. The number of nitrogens with zero attached hydrogens (tertiary/aromatic N) is 1. The first-order valence-corrected chi connectivity index (χ1v) is 9.52. The molecule has 0 bridgehead atoms. The van der Waals surface area contributed by atoms with Crippen molar-refractivity contribution in [2.24, 2.45) is 0 Å². The molecule has 0 aliphatic heterocycles. The quantitative estimate of drug-likeness (QED) is 0.803. The Hall–Kier alpha value is -2.66. The third-order valence-corrected chi connectivity index (χ3v) is 4.52. The minimum atomic E-state index is -0.325. The van der Waals surface area contributed by atoms with Gasteiger partial charge in [0.25, 0.3) is 5.91 Å². The van der Waals surface area contributed by atoms with E-state index in [1.54, 1.807) is 12.1 Å². The highest BCUT2D eigenvalue weighted by molar-refractivity contribution is 6.00. The van der Waals surface area contributed by atoms with E-state index in [2.05, 4.69) is 10.6 Å². The molecule has 2 amide bonds. The first-order valence-electron chi connectivity index (χ1n) is 9.52. The SMILES string of the molecule is Cc1c(NC(=O)[C@H](Cc2ccccc2)N(C)C)cccc1C(=O)NC(C)(C)C. The predicted molar refractivity (Wildman–Crippen MR) is 115 cm³/mol. The summed E-state index contributed by atoms with van der Waals surface area (Å²) in [6.45, 7) is 7.68. The van der Waals surface area contributed by atoms with E-state index in [9.17, 15) is 9.59 Å². The Morgan fingerprint density at radius 3 is 2.21 bits per heavy atom. The monoisotopic (exact) mass is 381 g/mol. The number of carbonyl (C=O) groups is 2. The Bertz CT molecular complexity index is 823. The number of amides is 2. The topological polar surface area (TPSA) is 61.4 Å². The van der Waals surface area contributed by atoms with Crippen molar-refractivity contribution in [2.75, 3.05) is 19.4 Å². The molecule has 0 spiro atoms. The predicted octanol–water partition coefficient (Wildman–Crippen LogP) is 3.63. The van der Waals surface area contributed by atoms with Gasteiger partial charge in [-0.25, -0.2) is 0 Å². The van der Waals surface area contributed by atoms with E-state index in [-0.39, 0.29) is 23.4 Å². The van der Waals surface area contributed by atoms with Gasteiger partial charge in [-0.05, 0) is 71.5 Å². The van der Waals surface area contributed by atoms with Gasteiger partial charge in [0, 0.05) is 16.8 Å². The van der Waals surface area contributed by atoms with E-state index in [0.717, 1.165) is 11.1 Å². The maximum Gasteiger partial charge on any atom is 0.252 e. The van der Waals surface area contributed by atoms with E-state index in [1.165, 1.54) is 0 Å². The molecule has 0 fully saturated rings. The molecule has 5 nitrogen and oxygen atoms in total. The second-order valence-electron chi connectivity index (χ2n) is 8.34. The zero-order chi connectivity index (χ0) is 20.9.